The SMILES string of the molecule is CCCCC/C=C\CCCCCCCC(=O)OC[C@H](COC(=O)CCCCCCCCCCCCCCCCCC)OC(=O)CCCCCCC/C=C\CCCCCCC. The third kappa shape index (κ3) is 46.9. The molecule has 1 atom stereocenters. The Morgan fingerprint density at radius 2 is 0.550 bits per heavy atom. The Bertz CT molecular complexity index is 973. The standard InChI is InChI=1S/C54H100O6/c1-4-7-10-13-16-19-22-25-27-28-30-32-35-38-41-44-47-53(56)59-50-51(49-58-52(55)46-43-40-37-34-31-24-21-18-15-12-9-6-3)60-54(57)48-45-42-39-36-33-29-26-23-20-17-14-11-8-5-2/h18,21,23,26,51H,4-17,19-20,22,24-25,27-50H2,1-3H3/b21-18-,26-23-/t51-/m1/s1. The van der Waals surface area contributed by atoms with Gasteiger partial charge in [0.2, 0.25) is 0 Å². The van der Waals surface area contributed by atoms with E-state index in [9.17, 15) is 14.4 Å². The fraction of sp³-hybridized carbons (Fsp3) is 0.870. The molecule has 0 amide bonds. The van der Waals surface area contributed by atoms with Crippen LogP contribution in [0, 0.1) is 0 Å². The maximum absolute atomic E-state index is 12.8. The summed E-state index contributed by atoms with van der Waals surface area (Å²) in [5.41, 5.74) is 0. The van der Waals surface area contributed by atoms with Gasteiger partial charge in [-0.3, -0.25) is 14.4 Å². The van der Waals surface area contributed by atoms with Crippen LogP contribution in [0.25, 0.3) is 0 Å². The summed E-state index contributed by atoms with van der Waals surface area (Å²) in [6, 6.07) is 0. The Morgan fingerprint density at radius 1 is 0.317 bits per heavy atom. The first-order valence-corrected chi connectivity index (χ1v) is 26.3. The lowest BCUT2D eigenvalue weighted by Crippen LogP contribution is -2.30. The largest absolute Gasteiger partial charge is 0.462 e. The fourth-order valence-corrected chi connectivity index (χ4v) is 7.67. The van der Waals surface area contributed by atoms with Crippen LogP contribution in [-0.4, -0.2) is 37.2 Å². The van der Waals surface area contributed by atoms with E-state index in [2.05, 4.69) is 45.1 Å². The number of carbonyl (C=O) groups is 3. The summed E-state index contributed by atoms with van der Waals surface area (Å²) < 4.78 is 16.8. The Hall–Kier alpha value is -2.11. The van der Waals surface area contributed by atoms with Crippen LogP contribution in [0.3, 0.4) is 0 Å². The van der Waals surface area contributed by atoms with Gasteiger partial charge in [-0.15, -0.1) is 0 Å². The number of hydrogen-bond acceptors (Lipinski definition) is 6. The van der Waals surface area contributed by atoms with E-state index in [0.717, 1.165) is 70.6 Å². The summed E-state index contributed by atoms with van der Waals surface area (Å²) in [6.07, 6.45) is 55.9. The Balaban J connectivity index is 4.34. The number of unbranched alkanes of at least 4 members (excludes halogenated alkanes) is 33. The lowest BCUT2D eigenvalue weighted by atomic mass is 10.0. The monoisotopic (exact) mass is 845 g/mol. The molecule has 0 rings (SSSR count). The van der Waals surface area contributed by atoms with Gasteiger partial charge in [-0.25, -0.2) is 0 Å². The Morgan fingerprint density at radius 3 is 0.867 bits per heavy atom. The molecule has 0 aromatic carbocycles. The molecule has 352 valence electrons. The maximum atomic E-state index is 12.8. The summed E-state index contributed by atoms with van der Waals surface area (Å²) in [5, 5.41) is 0. The molecule has 0 aliphatic heterocycles. The second-order valence-corrected chi connectivity index (χ2v) is 17.8. The highest BCUT2D eigenvalue weighted by Crippen LogP contribution is 2.16. The molecule has 0 aromatic heterocycles. The zero-order valence-electron chi connectivity index (χ0n) is 40.2. The van der Waals surface area contributed by atoms with Gasteiger partial charge in [0, 0.05) is 19.3 Å². The number of allylic oxidation sites excluding steroid dienone is 4. The summed E-state index contributed by atoms with van der Waals surface area (Å²) in [7, 11) is 0. The highest BCUT2D eigenvalue weighted by atomic mass is 16.6. The van der Waals surface area contributed by atoms with E-state index in [4.69, 9.17) is 14.2 Å². The molecule has 0 bridgehead atoms. The first kappa shape index (κ1) is 57.9. The molecule has 0 unspecified atom stereocenters. The zero-order valence-corrected chi connectivity index (χ0v) is 40.2. The summed E-state index contributed by atoms with van der Waals surface area (Å²) in [4.78, 5) is 37.9. The summed E-state index contributed by atoms with van der Waals surface area (Å²) in [6.45, 7) is 6.62. The van der Waals surface area contributed by atoms with Crippen LogP contribution in [0.15, 0.2) is 24.3 Å². The van der Waals surface area contributed by atoms with Crippen LogP contribution in [0.5, 0.6) is 0 Å². The third-order valence-corrected chi connectivity index (χ3v) is 11.7. The Kier molecular flexibility index (Phi) is 47.8. The molecule has 0 aromatic rings. The van der Waals surface area contributed by atoms with Crippen LogP contribution in [0.4, 0.5) is 0 Å². The zero-order chi connectivity index (χ0) is 43.7. The minimum atomic E-state index is -0.773. The van der Waals surface area contributed by atoms with Crippen LogP contribution < -0.4 is 0 Å². The predicted octanol–water partition coefficient (Wildman–Crippen LogP) is 17.2. The highest BCUT2D eigenvalue weighted by Gasteiger charge is 2.19. The quantitative estimate of drug-likeness (QED) is 0.0263. The van der Waals surface area contributed by atoms with Crippen molar-refractivity contribution in [2.24, 2.45) is 0 Å². The molecular weight excluding hydrogens is 745 g/mol. The van der Waals surface area contributed by atoms with Gasteiger partial charge in [0.1, 0.15) is 13.2 Å². The van der Waals surface area contributed by atoms with Gasteiger partial charge in [0.25, 0.3) is 0 Å². The van der Waals surface area contributed by atoms with Crippen molar-refractivity contribution in [3.63, 3.8) is 0 Å². The van der Waals surface area contributed by atoms with E-state index >= 15 is 0 Å². The molecule has 0 N–H and O–H groups in total. The van der Waals surface area contributed by atoms with Crippen LogP contribution in [0.2, 0.25) is 0 Å². The molecule has 0 heterocycles. The van der Waals surface area contributed by atoms with Crippen molar-refractivity contribution in [2.75, 3.05) is 13.2 Å². The first-order valence-electron chi connectivity index (χ1n) is 26.3. The number of esters is 3. The lowest BCUT2D eigenvalue weighted by Gasteiger charge is -2.18. The predicted molar refractivity (Wildman–Crippen MR) is 256 cm³/mol. The topological polar surface area (TPSA) is 78.9 Å². The minimum Gasteiger partial charge on any atom is -0.462 e. The van der Waals surface area contributed by atoms with Gasteiger partial charge < -0.3 is 14.2 Å². The molecule has 0 spiro atoms. The van der Waals surface area contributed by atoms with Crippen molar-refractivity contribution in [1.82, 2.24) is 0 Å². The van der Waals surface area contributed by atoms with Gasteiger partial charge in [-0.2, -0.15) is 0 Å². The smallest absolute Gasteiger partial charge is 0.306 e. The van der Waals surface area contributed by atoms with Gasteiger partial charge >= 0.3 is 17.9 Å². The summed E-state index contributed by atoms with van der Waals surface area (Å²) >= 11 is 0. The normalized spacial score (nSPS) is 12.1. The van der Waals surface area contributed by atoms with E-state index in [-0.39, 0.29) is 31.1 Å². The maximum Gasteiger partial charge on any atom is 0.306 e. The van der Waals surface area contributed by atoms with Gasteiger partial charge in [-0.1, -0.05) is 218 Å². The average Bonchev–Trinajstić information content (AvgIpc) is 3.24. The van der Waals surface area contributed by atoms with Gasteiger partial charge in [0.05, 0.1) is 0 Å². The van der Waals surface area contributed by atoms with Gasteiger partial charge in [0.15, 0.2) is 6.10 Å². The van der Waals surface area contributed by atoms with E-state index in [1.54, 1.807) is 0 Å². The molecule has 6 nitrogen and oxygen atoms in total. The molecule has 0 saturated heterocycles. The number of rotatable bonds is 48. The molecule has 60 heavy (non-hydrogen) atoms. The molecule has 0 aliphatic carbocycles. The molecule has 0 fully saturated rings. The van der Waals surface area contributed by atoms with Crippen molar-refractivity contribution in [2.45, 2.75) is 290 Å². The molecular formula is C54H100O6. The summed E-state index contributed by atoms with van der Waals surface area (Å²) in [5.74, 6) is -0.878. The van der Waals surface area contributed by atoms with Crippen molar-refractivity contribution in [3.05, 3.63) is 24.3 Å². The fourth-order valence-electron chi connectivity index (χ4n) is 7.67. The number of ether oxygens (including phenoxy) is 3. The van der Waals surface area contributed by atoms with E-state index in [1.165, 1.54) is 173 Å². The molecule has 0 aliphatic rings. The van der Waals surface area contributed by atoms with Crippen molar-refractivity contribution >= 4 is 17.9 Å². The highest BCUT2D eigenvalue weighted by molar-refractivity contribution is 5.71. The van der Waals surface area contributed by atoms with Crippen LogP contribution in [-0.2, 0) is 28.6 Å². The van der Waals surface area contributed by atoms with E-state index in [0.29, 0.717) is 19.3 Å². The van der Waals surface area contributed by atoms with Crippen molar-refractivity contribution < 1.29 is 28.6 Å². The molecule has 0 radical (unpaired) electrons. The Labute approximate surface area is 373 Å². The van der Waals surface area contributed by atoms with Crippen molar-refractivity contribution in [3.8, 4) is 0 Å². The molecule has 6 heteroatoms. The van der Waals surface area contributed by atoms with Crippen molar-refractivity contribution in [1.29, 1.82) is 0 Å². The number of hydrogen-bond donors (Lipinski definition) is 0. The van der Waals surface area contributed by atoms with Gasteiger partial charge in [-0.05, 0) is 70.6 Å². The average molecular weight is 845 g/mol. The van der Waals surface area contributed by atoms with E-state index < -0.39 is 6.10 Å². The lowest BCUT2D eigenvalue weighted by molar-refractivity contribution is -0.167. The minimum absolute atomic E-state index is 0.0734. The second kappa shape index (κ2) is 49.5. The second-order valence-electron chi connectivity index (χ2n) is 17.8. The molecule has 0 saturated carbocycles. The number of carbonyl (C=O) groups excluding carboxylic acids is 3. The third-order valence-electron chi connectivity index (χ3n) is 11.7. The van der Waals surface area contributed by atoms with E-state index in [1.807, 2.05) is 0 Å². The first-order chi connectivity index (χ1) is 29.5. The van der Waals surface area contributed by atoms with Crippen LogP contribution in [0.1, 0.15) is 284 Å². The van der Waals surface area contributed by atoms with Crippen LogP contribution >= 0.6 is 0 Å².